The highest BCUT2D eigenvalue weighted by Crippen LogP contribution is 2.34. The summed E-state index contributed by atoms with van der Waals surface area (Å²) in [6, 6.07) is 4.54. The molecule has 152 valence electrons. The van der Waals surface area contributed by atoms with Crippen LogP contribution in [0.25, 0.3) is 11.3 Å². The molecule has 2 fully saturated rings. The van der Waals surface area contributed by atoms with Gasteiger partial charge >= 0.3 is 6.03 Å². The van der Waals surface area contributed by atoms with Crippen molar-refractivity contribution in [2.75, 3.05) is 11.9 Å². The van der Waals surface area contributed by atoms with Crippen molar-refractivity contribution in [2.24, 2.45) is 0 Å². The van der Waals surface area contributed by atoms with Crippen molar-refractivity contribution in [3.8, 4) is 11.3 Å². The molecule has 1 aromatic heterocycles. The van der Waals surface area contributed by atoms with Gasteiger partial charge in [0, 0.05) is 16.0 Å². The molecule has 2 aromatic rings. The van der Waals surface area contributed by atoms with Gasteiger partial charge in [-0.3, -0.25) is 14.5 Å². The van der Waals surface area contributed by atoms with Crippen LogP contribution in [0.2, 0.25) is 10.0 Å². The Morgan fingerprint density at radius 1 is 1.24 bits per heavy atom. The maximum absolute atomic E-state index is 12.8. The van der Waals surface area contributed by atoms with Crippen LogP contribution in [0.4, 0.5) is 9.93 Å². The second kappa shape index (κ2) is 7.93. The molecule has 7 nitrogen and oxygen atoms in total. The fourth-order valence-corrected chi connectivity index (χ4v) is 4.88. The average Bonchev–Trinajstić information content (AvgIpc) is 3.23. The Morgan fingerprint density at radius 2 is 2.00 bits per heavy atom. The smallest absolute Gasteiger partial charge is 0.323 e. The Kier molecular flexibility index (Phi) is 5.50. The first-order valence-electron chi connectivity index (χ1n) is 9.23. The number of anilines is 1. The lowest BCUT2D eigenvalue weighted by Gasteiger charge is -2.30. The van der Waals surface area contributed by atoms with Gasteiger partial charge in [-0.05, 0) is 31.0 Å². The zero-order valence-electron chi connectivity index (χ0n) is 15.3. The Bertz CT molecular complexity index is 988. The molecule has 0 unspecified atom stereocenters. The summed E-state index contributed by atoms with van der Waals surface area (Å²) in [7, 11) is 0. The third kappa shape index (κ3) is 3.97. The number of hydrogen-bond acceptors (Lipinski definition) is 5. The van der Waals surface area contributed by atoms with E-state index in [4.69, 9.17) is 23.2 Å². The average molecular weight is 453 g/mol. The number of imide groups is 1. The highest BCUT2D eigenvalue weighted by molar-refractivity contribution is 7.14. The lowest BCUT2D eigenvalue weighted by Crippen LogP contribution is -2.48. The number of carbonyl (C=O) groups excluding carboxylic acids is 3. The quantitative estimate of drug-likeness (QED) is 0.675. The second-order valence-electron chi connectivity index (χ2n) is 7.17. The minimum absolute atomic E-state index is 0.317. The third-order valence-electron chi connectivity index (χ3n) is 5.21. The first-order valence-corrected chi connectivity index (χ1v) is 10.9. The van der Waals surface area contributed by atoms with Gasteiger partial charge in [0.1, 0.15) is 12.1 Å². The molecule has 2 aliphatic rings. The number of halogens is 2. The number of nitrogens with zero attached hydrogens (tertiary/aromatic N) is 2. The van der Waals surface area contributed by atoms with Gasteiger partial charge in [-0.15, -0.1) is 11.3 Å². The second-order valence-corrected chi connectivity index (χ2v) is 8.88. The molecule has 0 atom stereocenters. The van der Waals surface area contributed by atoms with Crippen LogP contribution in [0.15, 0.2) is 23.6 Å². The molecule has 1 spiro atoms. The number of urea groups is 1. The number of carbonyl (C=O) groups is 3. The van der Waals surface area contributed by atoms with Crippen LogP contribution in [0.3, 0.4) is 0 Å². The standard InChI is InChI=1S/C19H18Cl2N4O3S/c20-11-4-5-13(21)12(8-11)14-10-29-17(22-14)23-15(26)9-25-16(27)19(24-18(25)28)6-2-1-3-7-19/h4-5,8,10H,1-3,6-7,9H2,(H,24,28)(H,22,23,26). The molecular weight excluding hydrogens is 435 g/mol. The van der Waals surface area contributed by atoms with Crippen molar-refractivity contribution in [2.45, 2.75) is 37.6 Å². The number of aromatic nitrogens is 1. The van der Waals surface area contributed by atoms with Crippen LogP contribution in [0.1, 0.15) is 32.1 Å². The minimum atomic E-state index is -0.840. The molecule has 0 bridgehead atoms. The number of nitrogens with one attached hydrogen (secondary N) is 2. The summed E-state index contributed by atoms with van der Waals surface area (Å²) in [6.45, 7) is -0.348. The number of amides is 4. The van der Waals surface area contributed by atoms with Crippen molar-refractivity contribution >= 4 is 57.5 Å². The summed E-state index contributed by atoms with van der Waals surface area (Å²) in [5, 5.41) is 8.55. The summed E-state index contributed by atoms with van der Waals surface area (Å²) in [5.74, 6) is -0.803. The van der Waals surface area contributed by atoms with Gasteiger partial charge in [0.05, 0.1) is 10.7 Å². The highest BCUT2D eigenvalue weighted by atomic mass is 35.5. The molecule has 1 aromatic carbocycles. The predicted octanol–water partition coefficient (Wildman–Crippen LogP) is 4.31. The Hall–Kier alpha value is -2.16. The van der Waals surface area contributed by atoms with Gasteiger partial charge in [-0.1, -0.05) is 42.5 Å². The number of hydrogen-bond donors (Lipinski definition) is 2. The molecule has 10 heteroatoms. The van der Waals surface area contributed by atoms with Crippen LogP contribution < -0.4 is 10.6 Å². The van der Waals surface area contributed by atoms with Crippen molar-refractivity contribution in [1.29, 1.82) is 0 Å². The van der Waals surface area contributed by atoms with E-state index in [0.29, 0.717) is 39.3 Å². The zero-order valence-corrected chi connectivity index (χ0v) is 17.7. The van der Waals surface area contributed by atoms with Crippen molar-refractivity contribution in [3.63, 3.8) is 0 Å². The van der Waals surface area contributed by atoms with Crippen LogP contribution in [-0.4, -0.2) is 39.8 Å². The summed E-state index contributed by atoms with van der Waals surface area (Å²) in [6.07, 6.45) is 4.06. The summed E-state index contributed by atoms with van der Waals surface area (Å²) >= 11 is 13.4. The van der Waals surface area contributed by atoms with Gasteiger partial charge < -0.3 is 10.6 Å². The predicted molar refractivity (Wildman–Crippen MR) is 112 cm³/mol. The molecule has 29 heavy (non-hydrogen) atoms. The summed E-state index contributed by atoms with van der Waals surface area (Å²) in [4.78, 5) is 42.8. The Labute approximate surface area is 181 Å². The maximum atomic E-state index is 12.8. The van der Waals surface area contributed by atoms with Crippen LogP contribution in [0.5, 0.6) is 0 Å². The lowest BCUT2D eigenvalue weighted by molar-refractivity contribution is -0.134. The molecule has 2 N–H and O–H groups in total. The van der Waals surface area contributed by atoms with Gasteiger partial charge in [-0.25, -0.2) is 9.78 Å². The Balaban J connectivity index is 1.43. The van der Waals surface area contributed by atoms with E-state index in [2.05, 4.69) is 15.6 Å². The first kappa shape index (κ1) is 20.1. The van der Waals surface area contributed by atoms with Gasteiger partial charge in [0.15, 0.2) is 5.13 Å². The van der Waals surface area contributed by atoms with Gasteiger partial charge in [0.25, 0.3) is 5.91 Å². The maximum Gasteiger partial charge on any atom is 0.325 e. The topological polar surface area (TPSA) is 91.4 Å². The molecular formula is C19H18Cl2N4O3S. The lowest BCUT2D eigenvalue weighted by atomic mass is 9.82. The van der Waals surface area contributed by atoms with E-state index in [0.717, 1.165) is 24.2 Å². The van der Waals surface area contributed by atoms with Gasteiger partial charge in [-0.2, -0.15) is 0 Å². The van der Waals surface area contributed by atoms with Gasteiger partial charge in [0.2, 0.25) is 5.91 Å². The largest absolute Gasteiger partial charge is 0.325 e. The van der Waals surface area contributed by atoms with E-state index >= 15 is 0 Å². The van der Waals surface area contributed by atoms with E-state index < -0.39 is 17.5 Å². The Morgan fingerprint density at radius 3 is 2.76 bits per heavy atom. The number of benzene rings is 1. The molecule has 1 saturated carbocycles. The third-order valence-corrected chi connectivity index (χ3v) is 6.53. The van der Waals surface area contributed by atoms with Crippen LogP contribution in [-0.2, 0) is 9.59 Å². The van der Waals surface area contributed by atoms with Crippen molar-refractivity contribution < 1.29 is 14.4 Å². The van der Waals surface area contributed by atoms with E-state index in [1.807, 2.05) is 0 Å². The summed E-state index contributed by atoms with van der Waals surface area (Å²) < 4.78 is 0. The fraction of sp³-hybridized carbons (Fsp3) is 0.368. The normalized spacial score (nSPS) is 18.2. The van der Waals surface area contributed by atoms with E-state index in [9.17, 15) is 14.4 Å². The minimum Gasteiger partial charge on any atom is -0.323 e. The molecule has 1 aliphatic carbocycles. The molecule has 1 saturated heterocycles. The summed E-state index contributed by atoms with van der Waals surface area (Å²) in [5.41, 5.74) is 0.394. The molecule has 4 rings (SSSR count). The van der Waals surface area contributed by atoms with Crippen LogP contribution >= 0.6 is 34.5 Å². The highest BCUT2D eigenvalue weighted by Gasteiger charge is 2.51. The monoisotopic (exact) mass is 452 g/mol. The SMILES string of the molecule is O=C(CN1C(=O)NC2(CCCCC2)C1=O)Nc1nc(-c2cc(Cl)ccc2Cl)cs1. The zero-order chi connectivity index (χ0) is 20.6. The first-order chi connectivity index (χ1) is 13.9. The fourth-order valence-electron chi connectivity index (χ4n) is 3.77. The molecule has 0 radical (unpaired) electrons. The number of rotatable bonds is 4. The molecule has 2 heterocycles. The molecule has 1 aliphatic heterocycles. The van der Waals surface area contributed by atoms with E-state index in [-0.39, 0.29) is 12.5 Å². The molecule has 4 amide bonds. The van der Waals surface area contributed by atoms with E-state index in [1.54, 1.807) is 23.6 Å². The van der Waals surface area contributed by atoms with E-state index in [1.165, 1.54) is 11.3 Å². The van der Waals surface area contributed by atoms with Crippen LogP contribution in [0, 0.1) is 0 Å². The number of thiazole rings is 1. The van der Waals surface area contributed by atoms with Crippen molar-refractivity contribution in [1.82, 2.24) is 15.2 Å². The van der Waals surface area contributed by atoms with Crippen molar-refractivity contribution in [3.05, 3.63) is 33.6 Å².